The van der Waals surface area contributed by atoms with E-state index in [-0.39, 0.29) is 18.0 Å². The molecule has 2 bridgehead atoms. The maximum absolute atomic E-state index is 13.8. The van der Waals surface area contributed by atoms with E-state index in [1.807, 2.05) is 41.4 Å². The van der Waals surface area contributed by atoms with Crippen LogP contribution in [-0.4, -0.2) is 55.6 Å². The number of rotatable bonds is 7. The maximum atomic E-state index is 13.8. The zero-order valence-corrected chi connectivity index (χ0v) is 23.2. The number of para-hydroxylation sites is 1. The summed E-state index contributed by atoms with van der Waals surface area (Å²) in [5, 5.41) is 1.20. The third-order valence-electron chi connectivity index (χ3n) is 9.41. The van der Waals surface area contributed by atoms with E-state index < -0.39 is 0 Å². The number of amides is 1. The topological polar surface area (TPSA) is 91.2 Å². The quantitative estimate of drug-likeness (QED) is 0.307. The summed E-state index contributed by atoms with van der Waals surface area (Å²) in [5.41, 5.74) is 11.9. The van der Waals surface area contributed by atoms with Crippen LogP contribution in [0.15, 0.2) is 66.9 Å². The number of hydrogen-bond donors (Lipinski definition) is 1. The lowest BCUT2D eigenvalue weighted by Gasteiger charge is -2.27. The van der Waals surface area contributed by atoms with E-state index in [0.717, 1.165) is 54.2 Å². The van der Waals surface area contributed by atoms with E-state index in [2.05, 4.69) is 44.5 Å². The molecule has 8 heteroatoms. The molecule has 2 aromatic carbocycles. The van der Waals surface area contributed by atoms with E-state index in [4.69, 9.17) is 15.5 Å². The summed E-state index contributed by atoms with van der Waals surface area (Å²) in [7, 11) is 1.67. The van der Waals surface area contributed by atoms with Crippen molar-refractivity contribution < 1.29 is 9.53 Å². The molecule has 0 radical (unpaired) electrons. The molecule has 3 aliphatic rings. The first-order valence-corrected chi connectivity index (χ1v) is 14.7. The van der Waals surface area contributed by atoms with Crippen molar-refractivity contribution in [1.29, 1.82) is 0 Å². The van der Waals surface area contributed by atoms with E-state index >= 15 is 0 Å². The standard InChI is InChI=1S/C33H34N6O2/c1-41-29-16-23(33(40)38-18-22-11-12-27(38)30(22)34)14-25-31(29)39(19-24-7-4-5-13-35-24)32(36-25)28-15-21-6-2-3-8-26(21)37(28)17-20-9-10-20/h2-8,13-16,20,22,27,30H,9-12,17-19,34H2,1H3/t22?,27?,30-/m1/s1. The number of likely N-dealkylation sites (tertiary alicyclic amines) is 1. The fourth-order valence-corrected chi connectivity index (χ4v) is 7.11. The molecule has 208 valence electrons. The first-order chi connectivity index (χ1) is 20.1. The average Bonchev–Trinajstić information content (AvgIpc) is 3.37. The number of carbonyl (C=O) groups is 1. The van der Waals surface area contributed by atoms with Crippen LogP contribution in [0.1, 0.15) is 41.7 Å². The molecule has 8 rings (SSSR count). The molecule has 3 aromatic heterocycles. The Hall–Kier alpha value is -4.17. The Labute approximate surface area is 238 Å². The van der Waals surface area contributed by atoms with Crippen LogP contribution in [-0.2, 0) is 13.1 Å². The summed E-state index contributed by atoms with van der Waals surface area (Å²) in [6.07, 6.45) is 6.43. The number of nitrogens with two attached hydrogens (primary N) is 1. The normalized spacial score (nSPS) is 21.8. The molecule has 2 N–H and O–H groups in total. The van der Waals surface area contributed by atoms with E-state index in [9.17, 15) is 4.79 Å². The maximum Gasteiger partial charge on any atom is 0.254 e. The van der Waals surface area contributed by atoms with Crippen molar-refractivity contribution in [1.82, 2.24) is 24.0 Å². The predicted octanol–water partition coefficient (Wildman–Crippen LogP) is 5.08. The third-order valence-corrected chi connectivity index (χ3v) is 9.41. The Morgan fingerprint density at radius 1 is 1.02 bits per heavy atom. The van der Waals surface area contributed by atoms with Crippen molar-refractivity contribution in [2.45, 2.75) is 50.9 Å². The summed E-state index contributed by atoms with van der Waals surface area (Å²) in [5.74, 6) is 2.59. The summed E-state index contributed by atoms with van der Waals surface area (Å²) < 4.78 is 10.6. The molecule has 1 amide bonds. The van der Waals surface area contributed by atoms with Gasteiger partial charge in [-0.2, -0.15) is 0 Å². The monoisotopic (exact) mass is 546 g/mol. The van der Waals surface area contributed by atoms with Crippen LogP contribution in [0.25, 0.3) is 33.5 Å². The van der Waals surface area contributed by atoms with Crippen molar-refractivity contribution in [3.05, 3.63) is 78.1 Å². The molecule has 1 aliphatic heterocycles. The van der Waals surface area contributed by atoms with Crippen molar-refractivity contribution >= 4 is 27.8 Å². The fourth-order valence-electron chi connectivity index (χ4n) is 7.11. The third kappa shape index (κ3) is 4.03. The molecule has 1 saturated heterocycles. The highest BCUT2D eigenvalue weighted by Crippen LogP contribution is 2.40. The van der Waals surface area contributed by atoms with Gasteiger partial charge in [-0.15, -0.1) is 0 Å². The first kappa shape index (κ1) is 24.6. The number of benzene rings is 2. The molecule has 3 atom stereocenters. The number of carbonyl (C=O) groups excluding carboxylic acids is 1. The number of ether oxygens (including phenoxy) is 1. The van der Waals surface area contributed by atoms with Gasteiger partial charge in [0.15, 0.2) is 5.82 Å². The summed E-state index contributed by atoms with van der Waals surface area (Å²) in [4.78, 5) is 25.7. The largest absolute Gasteiger partial charge is 0.494 e. The van der Waals surface area contributed by atoms with E-state index in [1.54, 1.807) is 7.11 Å². The second kappa shape index (κ2) is 9.45. The minimum Gasteiger partial charge on any atom is -0.494 e. The molecule has 2 aliphatic carbocycles. The number of nitrogens with zero attached hydrogens (tertiary/aromatic N) is 5. The van der Waals surface area contributed by atoms with Crippen molar-refractivity contribution in [3.8, 4) is 17.3 Å². The number of aromatic nitrogens is 4. The van der Waals surface area contributed by atoms with Crippen LogP contribution in [0.4, 0.5) is 0 Å². The summed E-state index contributed by atoms with van der Waals surface area (Å²) in [6.45, 7) is 2.23. The Balaban J connectivity index is 1.31. The molecule has 2 saturated carbocycles. The second-order valence-electron chi connectivity index (χ2n) is 12.0. The van der Waals surface area contributed by atoms with Gasteiger partial charge < -0.3 is 24.5 Å². The Morgan fingerprint density at radius 2 is 1.88 bits per heavy atom. The van der Waals surface area contributed by atoms with Crippen LogP contribution in [0.5, 0.6) is 5.75 Å². The molecule has 0 spiro atoms. The molecule has 41 heavy (non-hydrogen) atoms. The van der Waals surface area contributed by atoms with Crippen molar-refractivity contribution in [2.24, 2.45) is 17.6 Å². The zero-order chi connectivity index (χ0) is 27.7. The summed E-state index contributed by atoms with van der Waals surface area (Å²) >= 11 is 0. The fraction of sp³-hybridized carbons (Fsp3) is 0.364. The minimum absolute atomic E-state index is 0.0107. The van der Waals surface area contributed by atoms with Gasteiger partial charge in [-0.25, -0.2) is 4.98 Å². The molecule has 5 aromatic rings. The number of pyridine rings is 1. The summed E-state index contributed by atoms with van der Waals surface area (Å²) in [6, 6.07) is 20.8. The highest BCUT2D eigenvalue weighted by Gasteiger charge is 2.47. The Bertz CT molecular complexity index is 1790. The lowest BCUT2D eigenvalue weighted by molar-refractivity contribution is 0.0700. The average molecular weight is 547 g/mol. The number of imidazole rings is 1. The smallest absolute Gasteiger partial charge is 0.254 e. The van der Waals surface area contributed by atoms with E-state index in [1.165, 1.54) is 23.7 Å². The van der Waals surface area contributed by atoms with Gasteiger partial charge in [-0.05, 0) is 73.9 Å². The second-order valence-corrected chi connectivity index (χ2v) is 12.0. The van der Waals surface area contributed by atoms with Gasteiger partial charge in [0.05, 0.1) is 30.6 Å². The van der Waals surface area contributed by atoms with Crippen LogP contribution in [0.3, 0.4) is 0 Å². The number of piperidine rings is 1. The number of hydrogen-bond acceptors (Lipinski definition) is 5. The number of fused-ring (bicyclic) bond motifs is 4. The van der Waals surface area contributed by atoms with Gasteiger partial charge in [-0.1, -0.05) is 24.3 Å². The highest BCUT2D eigenvalue weighted by molar-refractivity contribution is 6.00. The van der Waals surface area contributed by atoms with Gasteiger partial charge in [0.2, 0.25) is 0 Å². The molecule has 3 fully saturated rings. The van der Waals surface area contributed by atoms with Crippen LogP contribution in [0.2, 0.25) is 0 Å². The highest BCUT2D eigenvalue weighted by atomic mass is 16.5. The first-order valence-electron chi connectivity index (χ1n) is 14.7. The molecule has 4 heterocycles. The minimum atomic E-state index is 0.0107. The SMILES string of the molecule is COc1cc(C(=O)N2CC3CCC2[C@@H]3N)cc2nc(-c3cc4ccccc4n3CC3CC3)n(Cc3ccccn3)c12. The Morgan fingerprint density at radius 3 is 2.61 bits per heavy atom. The molecular formula is C33H34N6O2. The van der Waals surface area contributed by atoms with Gasteiger partial charge in [-0.3, -0.25) is 9.78 Å². The predicted molar refractivity (Wildman–Crippen MR) is 159 cm³/mol. The van der Waals surface area contributed by atoms with Crippen LogP contribution in [0, 0.1) is 11.8 Å². The van der Waals surface area contributed by atoms with Gasteiger partial charge >= 0.3 is 0 Å². The molecule has 8 nitrogen and oxygen atoms in total. The Kier molecular flexibility index (Phi) is 5.67. The van der Waals surface area contributed by atoms with Crippen LogP contribution < -0.4 is 10.5 Å². The van der Waals surface area contributed by atoms with Crippen molar-refractivity contribution in [3.63, 3.8) is 0 Å². The lowest BCUT2D eigenvalue weighted by Crippen LogP contribution is -2.41. The van der Waals surface area contributed by atoms with Crippen molar-refractivity contribution in [2.75, 3.05) is 13.7 Å². The van der Waals surface area contributed by atoms with Gasteiger partial charge in [0.1, 0.15) is 11.3 Å². The number of methoxy groups -OCH3 is 1. The molecule has 2 unspecified atom stereocenters. The van der Waals surface area contributed by atoms with Gasteiger partial charge in [0.25, 0.3) is 5.91 Å². The van der Waals surface area contributed by atoms with E-state index in [0.29, 0.717) is 29.7 Å². The van der Waals surface area contributed by atoms with Gasteiger partial charge in [0, 0.05) is 47.8 Å². The van der Waals surface area contributed by atoms with Crippen LogP contribution >= 0.6 is 0 Å². The lowest BCUT2D eigenvalue weighted by atomic mass is 10.1. The molecular weight excluding hydrogens is 512 g/mol. The zero-order valence-electron chi connectivity index (χ0n) is 23.2.